The minimum Gasteiger partial charge on any atom is -0.275 e. The molecule has 2 aliphatic rings. The first-order chi connectivity index (χ1) is 12.5. The number of benzene rings is 1. The highest BCUT2D eigenvalue weighted by Gasteiger charge is 2.69. The third kappa shape index (κ3) is 4.43. The van der Waals surface area contributed by atoms with Crippen LogP contribution in [-0.4, -0.2) is 24.6 Å². The first-order valence-electron chi connectivity index (χ1n) is 10.8. The second kappa shape index (κ2) is 8.32. The Morgan fingerprint density at radius 3 is 2.42 bits per heavy atom. The van der Waals surface area contributed by atoms with Gasteiger partial charge in [-0.3, -0.25) is 4.90 Å². The van der Waals surface area contributed by atoms with Crippen LogP contribution in [0.3, 0.4) is 0 Å². The van der Waals surface area contributed by atoms with E-state index in [0.717, 1.165) is 12.5 Å². The molecule has 1 heterocycles. The second-order valence-corrected chi connectivity index (χ2v) is 14.2. The number of hydrogen-bond donors (Lipinski definition) is 0. The Bertz CT molecular complexity index is 636. The van der Waals surface area contributed by atoms with Crippen molar-refractivity contribution in [2.75, 3.05) is 0 Å². The lowest BCUT2D eigenvalue weighted by Gasteiger charge is -2.38. The molecule has 1 nitrogen and oxygen atoms in total. The van der Waals surface area contributed by atoms with Crippen LogP contribution in [0.2, 0.25) is 19.6 Å². The molecule has 1 saturated carbocycles. The van der Waals surface area contributed by atoms with E-state index in [1.54, 1.807) is 0 Å². The van der Waals surface area contributed by atoms with E-state index in [2.05, 4.69) is 73.3 Å². The SMILES string of the molecule is CCCCCCC[C@H]1CC[C@]12[C@@H](C#C[Si](C)(C)C)N2Cc1ccccc1. The van der Waals surface area contributed by atoms with Crippen molar-refractivity contribution >= 4 is 8.07 Å². The molecule has 0 amide bonds. The highest BCUT2D eigenvalue weighted by atomic mass is 28.3. The Labute approximate surface area is 162 Å². The minimum absolute atomic E-state index is 0.424. The molecule has 3 rings (SSSR count). The molecule has 4 atom stereocenters. The number of hydrogen-bond acceptors (Lipinski definition) is 1. The van der Waals surface area contributed by atoms with Gasteiger partial charge in [0.1, 0.15) is 8.07 Å². The summed E-state index contributed by atoms with van der Waals surface area (Å²) in [4.78, 5) is 2.73. The first kappa shape index (κ1) is 19.7. The van der Waals surface area contributed by atoms with Crippen molar-refractivity contribution in [2.24, 2.45) is 5.92 Å². The van der Waals surface area contributed by atoms with Gasteiger partial charge in [-0.05, 0) is 30.7 Å². The summed E-state index contributed by atoms with van der Waals surface area (Å²) in [5.41, 5.74) is 5.54. The van der Waals surface area contributed by atoms with E-state index in [9.17, 15) is 0 Å². The largest absolute Gasteiger partial charge is 0.275 e. The Kier molecular flexibility index (Phi) is 6.31. The Balaban J connectivity index is 1.64. The van der Waals surface area contributed by atoms with Gasteiger partial charge in [-0.25, -0.2) is 0 Å². The van der Waals surface area contributed by atoms with E-state index >= 15 is 0 Å². The van der Waals surface area contributed by atoms with Crippen LogP contribution < -0.4 is 0 Å². The second-order valence-electron chi connectivity index (χ2n) is 9.47. The van der Waals surface area contributed by atoms with Gasteiger partial charge in [0.2, 0.25) is 0 Å². The number of unbranched alkanes of at least 4 members (excludes halogenated alkanes) is 4. The molecule has 26 heavy (non-hydrogen) atoms. The molecule has 1 aliphatic carbocycles. The summed E-state index contributed by atoms with van der Waals surface area (Å²) < 4.78 is 0. The minimum atomic E-state index is -1.30. The van der Waals surface area contributed by atoms with Gasteiger partial charge in [-0.2, -0.15) is 0 Å². The molecular weight excluding hydrogens is 330 g/mol. The van der Waals surface area contributed by atoms with Crippen molar-refractivity contribution in [1.29, 1.82) is 0 Å². The normalized spacial score (nSPS) is 29.8. The third-order valence-corrected chi connectivity index (χ3v) is 7.18. The van der Waals surface area contributed by atoms with Crippen LogP contribution in [0.5, 0.6) is 0 Å². The van der Waals surface area contributed by atoms with Gasteiger partial charge in [0.15, 0.2) is 0 Å². The summed E-state index contributed by atoms with van der Waals surface area (Å²) >= 11 is 0. The van der Waals surface area contributed by atoms with E-state index in [4.69, 9.17) is 0 Å². The zero-order valence-electron chi connectivity index (χ0n) is 17.4. The molecule has 0 N–H and O–H groups in total. The summed E-state index contributed by atoms with van der Waals surface area (Å²) in [5.74, 6) is 4.62. The average molecular weight is 368 g/mol. The van der Waals surface area contributed by atoms with Gasteiger partial charge in [0, 0.05) is 6.54 Å². The van der Waals surface area contributed by atoms with Crippen LogP contribution in [0.25, 0.3) is 0 Å². The van der Waals surface area contributed by atoms with Gasteiger partial charge in [0.25, 0.3) is 0 Å². The Morgan fingerprint density at radius 2 is 1.81 bits per heavy atom. The Hall–Kier alpha value is -1.04. The average Bonchev–Trinajstić information content (AvgIpc) is 3.25. The van der Waals surface area contributed by atoms with Gasteiger partial charge >= 0.3 is 0 Å². The summed E-state index contributed by atoms with van der Waals surface area (Å²) in [6.07, 6.45) is 11.2. The molecule has 1 saturated heterocycles. The number of nitrogens with zero attached hydrogens (tertiary/aromatic N) is 1. The van der Waals surface area contributed by atoms with Crippen molar-refractivity contribution in [2.45, 2.75) is 96.1 Å². The van der Waals surface area contributed by atoms with Crippen LogP contribution in [0.1, 0.15) is 63.9 Å². The Morgan fingerprint density at radius 1 is 1.08 bits per heavy atom. The van der Waals surface area contributed by atoms with E-state index in [1.165, 1.54) is 56.9 Å². The van der Waals surface area contributed by atoms with Crippen LogP contribution in [0.15, 0.2) is 30.3 Å². The lowest BCUT2D eigenvalue weighted by molar-refractivity contribution is 0.144. The van der Waals surface area contributed by atoms with Gasteiger partial charge in [-0.15, -0.1) is 5.54 Å². The quantitative estimate of drug-likeness (QED) is 0.227. The maximum atomic E-state index is 3.74. The van der Waals surface area contributed by atoms with Crippen molar-refractivity contribution in [1.82, 2.24) is 4.90 Å². The first-order valence-corrected chi connectivity index (χ1v) is 14.3. The van der Waals surface area contributed by atoms with Gasteiger partial charge in [0.05, 0.1) is 11.6 Å². The van der Waals surface area contributed by atoms with Crippen molar-refractivity contribution in [3.8, 4) is 11.5 Å². The van der Waals surface area contributed by atoms with E-state index in [-0.39, 0.29) is 0 Å². The maximum Gasteiger partial charge on any atom is 0.129 e. The lowest BCUT2D eigenvalue weighted by Crippen LogP contribution is -2.40. The topological polar surface area (TPSA) is 3.01 Å². The molecule has 2 fully saturated rings. The molecule has 0 bridgehead atoms. The predicted molar refractivity (Wildman–Crippen MR) is 116 cm³/mol. The maximum absolute atomic E-state index is 3.74. The highest BCUT2D eigenvalue weighted by Crippen LogP contribution is 2.61. The summed E-state index contributed by atoms with van der Waals surface area (Å²) in [5, 5.41) is 0. The van der Waals surface area contributed by atoms with Gasteiger partial charge in [-0.1, -0.05) is 94.9 Å². The fourth-order valence-electron chi connectivity index (χ4n) is 4.68. The molecule has 0 aromatic heterocycles. The smallest absolute Gasteiger partial charge is 0.129 e. The summed E-state index contributed by atoms with van der Waals surface area (Å²) in [6, 6.07) is 11.5. The van der Waals surface area contributed by atoms with E-state index < -0.39 is 8.07 Å². The van der Waals surface area contributed by atoms with Crippen LogP contribution in [-0.2, 0) is 6.54 Å². The zero-order chi connectivity index (χ0) is 18.6. The summed E-state index contributed by atoms with van der Waals surface area (Å²) in [6.45, 7) is 10.5. The van der Waals surface area contributed by atoms with Crippen LogP contribution in [0, 0.1) is 17.4 Å². The lowest BCUT2D eigenvalue weighted by atomic mass is 9.68. The van der Waals surface area contributed by atoms with Crippen molar-refractivity contribution < 1.29 is 0 Å². The molecule has 1 spiro atoms. The van der Waals surface area contributed by atoms with Crippen LogP contribution in [0.4, 0.5) is 0 Å². The van der Waals surface area contributed by atoms with Crippen molar-refractivity contribution in [3.05, 3.63) is 35.9 Å². The monoisotopic (exact) mass is 367 g/mol. The third-order valence-electron chi connectivity index (χ3n) is 6.29. The molecule has 0 radical (unpaired) electrons. The molecular formula is C24H37NSi. The predicted octanol–water partition coefficient (Wildman–Crippen LogP) is 6.26. The van der Waals surface area contributed by atoms with E-state index in [1.807, 2.05) is 0 Å². The van der Waals surface area contributed by atoms with E-state index in [0.29, 0.717) is 11.6 Å². The van der Waals surface area contributed by atoms with Gasteiger partial charge < -0.3 is 0 Å². The molecule has 2 heteroatoms. The van der Waals surface area contributed by atoms with Crippen molar-refractivity contribution in [3.63, 3.8) is 0 Å². The fraction of sp³-hybridized carbons (Fsp3) is 0.667. The van der Waals surface area contributed by atoms with Crippen LogP contribution >= 0.6 is 0 Å². The fourth-order valence-corrected chi connectivity index (χ4v) is 5.25. The molecule has 1 aliphatic heterocycles. The molecule has 142 valence electrons. The summed E-state index contributed by atoms with van der Waals surface area (Å²) in [7, 11) is -1.30. The number of rotatable bonds is 8. The molecule has 1 unspecified atom stereocenters. The highest BCUT2D eigenvalue weighted by molar-refractivity contribution is 6.83. The standard InChI is InChI=1S/C24H37NSi/c1-5-6-7-8-12-15-22-16-18-24(22)23(17-19-26(2,3)4)25(24)20-21-13-10-9-11-14-21/h9-11,13-14,22-23H,5-8,12,15-16,18,20H2,1-4H3/t22-,23+,24+,25?/m0/s1. The molecule has 1 aromatic carbocycles. The molecule has 1 aromatic rings. The zero-order valence-corrected chi connectivity index (χ0v) is 18.4.